The van der Waals surface area contributed by atoms with Gasteiger partial charge in [0.05, 0.1) is 17.7 Å². The fraction of sp³-hybridized carbons (Fsp3) is 1.00. The fourth-order valence-electron chi connectivity index (χ4n) is 2.41. The minimum atomic E-state index is -1.95. The van der Waals surface area contributed by atoms with Crippen molar-refractivity contribution < 1.29 is 9.53 Å². The van der Waals surface area contributed by atoms with Gasteiger partial charge in [-0.05, 0) is 43.4 Å². The molecule has 0 aromatic heterocycles. The second-order valence-electron chi connectivity index (χ2n) is 7.28. The largest absolute Gasteiger partial charge is 0.409 e. The van der Waals surface area contributed by atoms with E-state index >= 15 is 0 Å². The van der Waals surface area contributed by atoms with Gasteiger partial charge in [-0.15, -0.1) is 0 Å². The zero-order chi connectivity index (χ0) is 14.9. The van der Waals surface area contributed by atoms with E-state index in [0.717, 1.165) is 19.3 Å². The first-order valence-electron chi connectivity index (χ1n) is 6.96. The summed E-state index contributed by atoms with van der Waals surface area (Å²) in [5.41, 5.74) is 7.99. The second-order valence-corrected chi connectivity index (χ2v) is 12.0. The molecule has 0 amide bonds. The van der Waals surface area contributed by atoms with Gasteiger partial charge in [-0.1, -0.05) is 32.3 Å². The van der Waals surface area contributed by atoms with Crippen molar-refractivity contribution in [1.82, 2.24) is 0 Å². The van der Waals surface area contributed by atoms with Crippen LogP contribution in [0.1, 0.15) is 47.0 Å². The summed E-state index contributed by atoms with van der Waals surface area (Å²) < 4.78 is 6.43. The summed E-state index contributed by atoms with van der Waals surface area (Å²) in [4.78, 5) is 2.84. The van der Waals surface area contributed by atoms with Crippen molar-refractivity contribution in [3.63, 3.8) is 0 Å². The van der Waals surface area contributed by atoms with Crippen molar-refractivity contribution >= 4 is 8.32 Å². The highest BCUT2D eigenvalue weighted by atomic mass is 28.4. The molecule has 0 saturated heterocycles. The molecule has 0 aromatic rings. The fourth-order valence-corrected chi connectivity index (χ4v) is 4.10. The molecule has 0 radical (unpaired) electrons. The van der Waals surface area contributed by atoms with E-state index in [4.69, 9.17) is 9.96 Å². The maximum atomic E-state index is 10.5. The van der Waals surface area contributed by atoms with Gasteiger partial charge in [-0.2, -0.15) is 0 Å². The first kappa shape index (κ1) is 16.5. The highest BCUT2D eigenvalue weighted by Gasteiger charge is 2.48. The van der Waals surface area contributed by atoms with Crippen LogP contribution in [0.2, 0.25) is 18.1 Å². The molecule has 1 rings (SSSR count). The van der Waals surface area contributed by atoms with E-state index in [9.17, 15) is 5.11 Å². The van der Waals surface area contributed by atoms with E-state index < -0.39 is 20.0 Å². The normalized spacial score (nSPS) is 32.8. The zero-order valence-corrected chi connectivity index (χ0v) is 14.0. The van der Waals surface area contributed by atoms with Gasteiger partial charge >= 0.3 is 0 Å². The van der Waals surface area contributed by atoms with Crippen LogP contribution in [0, 0.1) is 0 Å². The van der Waals surface area contributed by atoms with E-state index in [1.807, 2.05) is 6.92 Å². The molecule has 6 heteroatoms. The van der Waals surface area contributed by atoms with Gasteiger partial charge in [-0.25, -0.2) is 0 Å². The standard InChI is InChI=1S/C13H27N3O2Si/c1-12(2,3)19(5,6)18-13(4)9-7-8-10(11(13)17)15-16-14/h10-11,17H,7-9H2,1-6H3. The molecule has 19 heavy (non-hydrogen) atoms. The Morgan fingerprint density at radius 2 is 2.00 bits per heavy atom. The van der Waals surface area contributed by atoms with Crippen LogP contribution < -0.4 is 0 Å². The quantitative estimate of drug-likeness (QED) is 0.368. The average Bonchev–Trinajstić information content (AvgIpc) is 2.23. The Bertz CT molecular complexity index is 375. The molecule has 3 atom stereocenters. The minimum Gasteiger partial charge on any atom is -0.409 e. The van der Waals surface area contributed by atoms with E-state index in [1.165, 1.54) is 0 Å². The lowest BCUT2D eigenvalue weighted by atomic mass is 9.81. The predicted octanol–water partition coefficient (Wildman–Crippen LogP) is 3.99. The molecule has 1 N–H and O–H groups in total. The summed E-state index contributed by atoms with van der Waals surface area (Å²) >= 11 is 0. The molecule has 110 valence electrons. The summed E-state index contributed by atoms with van der Waals surface area (Å²) in [7, 11) is -1.95. The Hall–Kier alpha value is -0.553. The van der Waals surface area contributed by atoms with Gasteiger partial charge in [0.2, 0.25) is 0 Å². The number of hydrogen-bond acceptors (Lipinski definition) is 3. The number of hydrogen-bond donors (Lipinski definition) is 1. The zero-order valence-electron chi connectivity index (χ0n) is 13.0. The van der Waals surface area contributed by atoms with Crippen molar-refractivity contribution in [2.75, 3.05) is 0 Å². The molecule has 0 bridgehead atoms. The van der Waals surface area contributed by atoms with Crippen LogP contribution in [0.25, 0.3) is 10.4 Å². The van der Waals surface area contributed by atoms with Crippen molar-refractivity contribution in [1.29, 1.82) is 0 Å². The van der Waals surface area contributed by atoms with Gasteiger partial charge in [0, 0.05) is 4.91 Å². The van der Waals surface area contributed by atoms with Crippen molar-refractivity contribution in [3.8, 4) is 0 Å². The smallest absolute Gasteiger partial charge is 0.192 e. The molecule has 1 aliphatic rings. The van der Waals surface area contributed by atoms with Crippen LogP contribution in [-0.2, 0) is 4.43 Å². The summed E-state index contributed by atoms with van der Waals surface area (Å²) in [6.45, 7) is 12.9. The van der Waals surface area contributed by atoms with Gasteiger partial charge in [0.1, 0.15) is 0 Å². The molecule has 1 saturated carbocycles. The lowest BCUT2D eigenvalue weighted by Crippen LogP contribution is -2.58. The Morgan fingerprint density at radius 3 is 2.47 bits per heavy atom. The Balaban J connectivity index is 2.94. The van der Waals surface area contributed by atoms with E-state index in [2.05, 4.69) is 43.9 Å². The molecule has 0 aromatic carbocycles. The van der Waals surface area contributed by atoms with Crippen LogP contribution in [0.5, 0.6) is 0 Å². The van der Waals surface area contributed by atoms with E-state index in [0.29, 0.717) is 0 Å². The Kier molecular flexibility index (Phi) is 4.73. The molecule has 0 aliphatic heterocycles. The molecule has 3 unspecified atom stereocenters. The summed E-state index contributed by atoms with van der Waals surface area (Å²) in [6.07, 6.45) is 1.76. The molecule has 1 fully saturated rings. The Labute approximate surface area is 117 Å². The molecule has 0 spiro atoms. The molecule has 1 aliphatic carbocycles. The van der Waals surface area contributed by atoms with Gasteiger partial charge < -0.3 is 9.53 Å². The summed E-state index contributed by atoms with van der Waals surface area (Å²) in [5, 5.41) is 14.3. The van der Waals surface area contributed by atoms with E-state index in [1.54, 1.807) is 0 Å². The molecular formula is C13H27N3O2Si. The summed E-state index contributed by atoms with van der Waals surface area (Å²) in [5.74, 6) is 0. The lowest BCUT2D eigenvalue weighted by molar-refractivity contribution is -0.0853. The van der Waals surface area contributed by atoms with Crippen LogP contribution in [0.15, 0.2) is 5.11 Å². The van der Waals surface area contributed by atoms with Gasteiger partial charge in [0.25, 0.3) is 0 Å². The average molecular weight is 285 g/mol. The van der Waals surface area contributed by atoms with Crippen molar-refractivity contribution in [2.45, 2.75) is 82.8 Å². The third-order valence-corrected chi connectivity index (χ3v) is 9.25. The monoisotopic (exact) mass is 285 g/mol. The lowest BCUT2D eigenvalue weighted by Gasteiger charge is -2.49. The molecular weight excluding hydrogens is 258 g/mol. The Morgan fingerprint density at radius 1 is 1.42 bits per heavy atom. The topological polar surface area (TPSA) is 78.2 Å². The van der Waals surface area contributed by atoms with Crippen LogP contribution in [0.4, 0.5) is 0 Å². The van der Waals surface area contributed by atoms with Crippen LogP contribution in [-0.4, -0.2) is 31.2 Å². The second kappa shape index (κ2) is 5.44. The maximum absolute atomic E-state index is 10.5. The van der Waals surface area contributed by atoms with Gasteiger partial charge in [0.15, 0.2) is 8.32 Å². The van der Waals surface area contributed by atoms with E-state index in [-0.39, 0.29) is 11.1 Å². The van der Waals surface area contributed by atoms with Crippen LogP contribution in [0.3, 0.4) is 0 Å². The number of aliphatic hydroxyl groups excluding tert-OH is 1. The highest BCUT2D eigenvalue weighted by Crippen LogP contribution is 2.43. The third-order valence-electron chi connectivity index (χ3n) is 4.66. The number of nitrogens with zero attached hydrogens (tertiary/aromatic N) is 3. The summed E-state index contributed by atoms with van der Waals surface area (Å²) in [6, 6.07) is -0.367. The SMILES string of the molecule is CC1(O[Si](C)(C)C(C)(C)C)CCCC(N=[N+]=[N-])C1O. The molecule has 5 nitrogen and oxygen atoms in total. The number of azide groups is 1. The maximum Gasteiger partial charge on any atom is 0.192 e. The number of rotatable bonds is 3. The minimum absolute atomic E-state index is 0.0984. The first-order chi connectivity index (χ1) is 8.53. The first-order valence-corrected chi connectivity index (χ1v) is 9.87. The third kappa shape index (κ3) is 3.51. The van der Waals surface area contributed by atoms with Gasteiger partial charge in [-0.3, -0.25) is 0 Å². The van der Waals surface area contributed by atoms with Crippen molar-refractivity contribution in [3.05, 3.63) is 10.4 Å². The van der Waals surface area contributed by atoms with Crippen molar-refractivity contribution in [2.24, 2.45) is 5.11 Å². The molecule has 0 heterocycles. The predicted molar refractivity (Wildman–Crippen MR) is 79.5 cm³/mol. The number of aliphatic hydroxyl groups is 1. The highest BCUT2D eigenvalue weighted by molar-refractivity contribution is 6.74. The van der Waals surface area contributed by atoms with Crippen LogP contribution >= 0.6 is 0 Å².